The minimum absolute atomic E-state index is 0.000681. The van der Waals surface area contributed by atoms with Crippen LogP contribution in [-0.2, 0) is 0 Å². The first-order valence-electron chi connectivity index (χ1n) is 5.12. The summed E-state index contributed by atoms with van der Waals surface area (Å²) in [5.41, 5.74) is 6.85. The van der Waals surface area contributed by atoms with Crippen LogP contribution < -0.4 is 10.5 Å². The molecule has 4 N–H and O–H groups in total. The lowest BCUT2D eigenvalue weighted by Crippen LogP contribution is -1.89. The Balaban J connectivity index is 2.31. The van der Waals surface area contributed by atoms with Crippen molar-refractivity contribution in [3.63, 3.8) is 0 Å². The van der Waals surface area contributed by atoms with E-state index in [2.05, 4.69) is 0 Å². The highest BCUT2D eigenvalue weighted by molar-refractivity contribution is 5.53. The lowest BCUT2D eigenvalue weighted by molar-refractivity contribution is 0.407. The van der Waals surface area contributed by atoms with Gasteiger partial charge in [-0.25, -0.2) is 0 Å². The highest BCUT2D eigenvalue weighted by Gasteiger charge is 2.06. The molecule has 2 aromatic rings. The number of phenolic OH excluding ortho intramolecular Hbond substituents is 2. The Kier molecular flexibility index (Phi) is 2.78. The van der Waals surface area contributed by atoms with Gasteiger partial charge in [0.25, 0.3) is 0 Å². The molecule has 0 aromatic heterocycles. The molecule has 4 heteroatoms. The Labute approximate surface area is 98.9 Å². The molecule has 0 aliphatic rings. The molecular weight excluding hydrogens is 218 g/mol. The molecule has 0 aliphatic heterocycles. The summed E-state index contributed by atoms with van der Waals surface area (Å²) in [5.74, 6) is 0.840. The van der Waals surface area contributed by atoms with Gasteiger partial charge < -0.3 is 20.7 Å². The summed E-state index contributed by atoms with van der Waals surface area (Å²) in [7, 11) is 0. The molecule has 0 aliphatic carbocycles. The van der Waals surface area contributed by atoms with Gasteiger partial charge >= 0.3 is 0 Å². The van der Waals surface area contributed by atoms with Gasteiger partial charge in [-0.1, -0.05) is 6.07 Å². The van der Waals surface area contributed by atoms with E-state index in [1.807, 2.05) is 0 Å². The van der Waals surface area contributed by atoms with Gasteiger partial charge in [0.2, 0.25) is 0 Å². The molecule has 0 saturated carbocycles. The summed E-state index contributed by atoms with van der Waals surface area (Å²) in [6.45, 7) is 1.79. The van der Waals surface area contributed by atoms with Crippen LogP contribution in [0.3, 0.4) is 0 Å². The summed E-state index contributed by atoms with van der Waals surface area (Å²) >= 11 is 0. The minimum atomic E-state index is -0.000681. The molecule has 0 heterocycles. The number of benzene rings is 2. The fraction of sp³-hybridized carbons (Fsp3) is 0.0769. The Bertz CT molecular complexity index is 552. The van der Waals surface area contributed by atoms with E-state index in [-0.39, 0.29) is 17.2 Å². The first kappa shape index (κ1) is 11.1. The quantitative estimate of drug-likeness (QED) is 0.548. The van der Waals surface area contributed by atoms with Crippen molar-refractivity contribution >= 4 is 5.69 Å². The summed E-state index contributed by atoms with van der Waals surface area (Å²) in [5, 5.41) is 19.1. The van der Waals surface area contributed by atoms with Crippen molar-refractivity contribution in [2.24, 2.45) is 0 Å². The van der Waals surface area contributed by atoms with Crippen LogP contribution in [0.25, 0.3) is 0 Å². The number of nitrogens with two attached hydrogens (primary N) is 1. The van der Waals surface area contributed by atoms with Gasteiger partial charge in [-0.2, -0.15) is 0 Å². The normalized spacial score (nSPS) is 10.2. The maximum absolute atomic E-state index is 9.58. The van der Waals surface area contributed by atoms with Gasteiger partial charge in [-0.15, -0.1) is 0 Å². The first-order valence-corrected chi connectivity index (χ1v) is 5.12. The third-order valence-corrected chi connectivity index (χ3v) is 2.39. The van der Waals surface area contributed by atoms with Gasteiger partial charge in [0.05, 0.1) is 0 Å². The average Bonchev–Trinajstić information content (AvgIpc) is 2.29. The lowest BCUT2D eigenvalue weighted by atomic mass is 10.2. The van der Waals surface area contributed by atoms with E-state index in [0.29, 0.717) is 11.4 Å². The Morgan fingerprint density at radius 1 is 1.00 bits per heavy atom. The van der Waals surface area contributed by atoms with Crippen molar-refractivity contribution in [1.82, 2.24) is 0 Å². The zero-order chi connectivity index (χ0) is 12.4. The third kappa shape index (κ3) is 2.42. The lowest BCUT2D eigenvalue weighted by Gasteiger charge is -2.09. The van der Waals surface area contributed by atoms with E-state index in [4.69, 9.17) is 10.5 Å². The number of ether oxygens (including phenoxy) is 1. The number of hydrogen-bond donors (Lipinski definition) is 3. The molecule has 0 amide bonds. The fourth-order valence-corrected chi connectivity index (χ4v) is 1.39. The monoisotopic (exact) mass is 231 g/mol. The zero-order valence-corrected chi connectivity index (χ0v) is 9.34. The second-order valence-electron chi connectivity index (χ2n) is 3.78. The van der Waals surface area contributed by atoms with E-state index >= 15 is 0 Å². The molecule has 4 nitrogen and oxygen atoms in total. The third-order valence-electron chi connectivity index (χ3n) is 2.39. The topological polar surface area (TPSA) is 75.7 Å². The van der Waals surface area contributed by atoms with Crippen LogP contribution in [-0.4, -0.2) is 10.2 Å². The van der Waals surface area contributed by atoms with Gasteiger partial charge in [-0.05, 0) is 30.7 Å². The van der Waals surface area contributed by atoms with E-state index in [9.17, 15) is 10.2 Å². The van der Waals surface area contributed by atoms with Crippen LogP contribution in [0.4, 0.5) is 5.69 Å². The molecule has 0 bridgehead atoms. The highest BCUT2D eigenvalue weighted by Crippen LogP contribution is 2.33. The molecule has 88 valence electrons. The van der Waals surface area contributed by atoms with E-state index in [0.717, 1.165) is 5.56 Å². The SMILES string of the molecule is Cc1ccc(Oc2cc(N)ccc2O)cc1O. The fourth-order valence-electron chi connectivity index (χ4n) is 1.39. The molecule has 17 heavy (non-hydrogen) atoms. The van der Waals surface area contributed by atoms with Crippen LogP contribution in [0.5, 0.6) is 23.0 Å². The second kappa shape index (κ2) is 4.25. The number of phenols is 2. The van der Waals surface area contributed by atoms with Gasteiger partial charge in [-0.3, -0.25) is 0 Å². The van der Waals surface area contributed by atoms with Crippen molar-refractivity contribution in [3.8, 4) is 23.0 Å². The maximum Gasteiger partial charge on any atom is 0.171 e. The minimum Gasteiger partial charge on any atom is -0.508 e. The largest absolute Gasteiger partial charge is 0.508 e. The molecule has 2 aromatic carbocycles. The molecule has 0 atom stereocenters. The predicted molar refractivity (Wildman–Crippen MR) is 65.4 cm³/mol. The smallest absolute Gasteiger partial charge is 0.171 e. The summed E-state index contributed by atoms with van der Waals surface area (Å²) in [6, 6.07) is 9.48. The van der Waals surface area contributed by atoms with Crippen molar-refractivity contribution in [3.05, 3.63) is 42.0 Å². The Hall–Kier alpha value is -2.36. The van der Waals surface area contributed by atoms with E-state index in [1.54, 1.807) is 25.1 Å². The first-order chi connectivity index (χ1) is 8.06. The highest BCUT2D eigenvalue weighted by atomic mass is 16.5. The molecule has 2 rings (SSSR count). The molecule has 0 unspecified atom stereocenters. The summed E-state index contributed by atoms with van der Waals surface area (Å²) < 4.78 is 5.44. The van der Waals surface area contributed by atoms with Crippen LogP contribution >= 0.6 is 0 Å². The average molecular weight is 231 g/mol. The Morgan fingerprint density at radius 2 is 1.76 bits per heavy atom. The number of nitrogen functional groups attached to an aromatic ring is 1. The maximum atomic E-state index is 9.58. The predicted octanol–water partition coefficient (Wildman–Crippen LogP) is 2.78. The van der Waals surface area contributed by atoms with E-state index < -0.39 is 0 Å². The van der Waals surface area contributed by atoms with Crippen LogP contribution in [0.15, 0.2) is 36.4 Å². The van der Waals surface area contributed by atoms with Crippen molar-refractivity contribution < 1.29 is 14.9 Å². The van der Waals surface area contributed by atoms with Crippen LogP contribution in [0, 0.1) is 6.92 Å². The number of anilines is 1. The number of aromatic hydroxyl groups is 2. The van der Waals surface area contributed by atoms with E-state index in [1.165, 1.54) is 18.2 Å². The van der Waals surface area contributed by atoms with Gasteiger partial charge in [0, 0.05) is 17.8 Å². The molecule has 0 saturated heterocycles. The van der Waals surface area contributed by atoms with Crippen LogP contribution in [0.1, 0.15) is 5.56 Å². The molecule has 0 fully saturated rings. The molecule has 0 radical (unpaired) electrons. The number of aryl methyl sites for hydroxylation is 1. The van der Waals surface area contributed by atoms with Gasteiger partial charge in [0.1, 0.15) is 11.5 Å². The number of hydrogen-bond acceptors (Lipinski definition) is 4. The standard InChI is InChI=1S/C13H13NO3/c1-8-2-4-10(7-12(8)16)17-13-6-9(14)3-5-11(13)15/h2-7,15-16H,14H2,1H3. The zero-order valence-electron chi connectivity index (χ0n) is 9.34. The van der Waals surface area contributed by atoms with Crippen molar-refractivity contribution in [1.29, 1.82) is 0 Å². The van der Waals surface area contributed by atoms with Crippen molar-refractivity contribution in [2.45, 2.75) is 6.92 Å². The number of rotatable bonds is 2. The second-order valence-corrected chi connectivity index (χ2v) is 3.78. The molecular formula is C13H13NO3. The Morgan fingerprint density at radius 3 is 2.47 bits per heavy atom. The van der Waals surface area contributed by atoms with Gasteiger partial charge in [0.15, 0.2) is 11.5 Å². The van der Waals surface area contributed by atoms with Crippen molar-refractivity contribution in [2.75, 3.05) is 5.73 Å². The summed E-state index contributed by atoms with van der Waals surface area (Å²) in [6.07, 6.45) is 0. The van der Waals surface area contributed by atoms with Crippen LogP contribution in [0.2, 0.25) is 0 Å². The summed E-state index contributed by atoms with van der Waals surface area (Å²) in [4.78, 5) is 0. The molecule has 0 spiro atoms.